The number of carbonyl (C=O) groups is 2. The molecule has 7 N–H and O–H groups in total. The quantitative estimate of drug-likeness (QED) is 0.0103. The Bertz CT molecular complexity index is 1630. The van der Waals surface area contributed by atoms with Gasteiger partial charge in [-0.05, 0) is 89.9 Å². The smallest absolute Gasteiger partial charge is 0.462 e. The summed E-state index contributed by atoms with van der Waals surface area (Å²) in [6.45, 7) is 2.90. The highest BCUT2D eigenvalue weighted by Crippen LogP contribution is 2.47. The Hall–Kier alpha value is -3.79. The van der Waals surface area contributed by atoms with E-state index in [0.29, 0.717) is 32.1 Å². The zero-order valence-electron chi connectivity index (χ0n) is 39.0. The third kappa shape index (κ3) is 31.2. The zero-order chi connectivity index (χ0) is 48.7. The Balaban J connectivity index is 2.56. The number of aliphatic hydroxyl groups is 6. The number of ether oxygens (including phenoxy) is 2. The minimum Gasteiger partial charge on any atom is -0.462 e. The molecule has 14 nitrogen and oxygen atoms in total. The summed E-state index contributed by atoms with van der Waals surface area (Å²) in [5.41, 5.74) is 0. The van der Waals surface area contributed by atoms with Crippen molar-refractivity contribution in [2.24, 2.45) is 0 Å². The molecule has 0 bridgehead atoms. The fourth-order valence-electron chi connectivity index (χ4n) is 6.14. The van der Waals surface area contributed by atoms with Crippen LogP contribution in [0.2, 0.25) is 0 Å². The molecule has 0 spiro atoms. The van der Waals surface area contributed by atoms with Crippen molar-refractivity contribution in [1.29, 1.82) is 0 Å². The van der Waals surface area contributed by atoms with Gasteiger partial charge in [-0.25, -0.2) is 4.57 Å². The van der Waals surface area contributed by atoms with Crippen LogP contribution < -0.4 is 0 Å². The molecular weight excluding hydrogens is 868 g/mol. The number of unbranched alkanes of at least 4 members (excludes halogenated alkanes) is 4. The number of esters is 2. The maximum absolute atomic E-state index is 12.8. The van der Waals surface area contributed by atoms with Gasteiger partial charge in [0, 0.05) is 12.8 Å². The number of rotatable bonds is 36. The van der Waals surface area contributed by atoms with Gasteiger partial charge >= 0.3 is 19.8 Å². The molecule has 0 heterocycles. The fourth-order valence-corrected chi connectivity index (χ4v) is 7.11. The van der Waals surface area contributed by atoms with E-state index < -0.39 is 81.8 Å². The van der Waals surface area contributed by atoms with Crippen molar-refractivity contribution in [3.05, 3.63) is 122 Å². The van der Waals surface area contributed by atoms with Gasteiger partial charge in [0.15, 0.2) is 6.10 Å². The molecule has 1 aliphatic carbocycles. The van der Waals surface area contributed by atoms with Gasteiger partial charge in [-0.1, -0.05) is 142 Å². The third-order valence-electron chi connectivity index (χ3n) is 9.88. The van der Waals surface area contributed by atoms with E-state index in [-0.39, 0.29) is 12.8 Å². The summed E-state index contributed by atoms with van der Waals surface area (Å²) in [6.07, 6.45) is 38.5. The number of allylic oxidation sites excluding steroid dienone is 18. The van der Waals surface area contributed by atoms with E-state index in [9.17, 15) is 49.7 Å². The van der Waals surface area contributed by atoms with Crippen LogP contribution in [0.4, 0.5) is 0 Å². The van der Waals surface area contributed by atoms with Crippen molar-refractivity contribution in [2.75, 3.05) is 13.2 Å². The number of hydrogen-bond donors (Lipinski definition) is 7. The highest BCUT2D eigenvalue weighted by Gasteiger charge is 2.51. The van der Waals surface area contributed by atoms with Crippen molar-refractivity contribution in [3.8, 4) is 0 Å². The van der Waals surface area contributed by atoms with Gasteiger partial charge in [0.2, 0.25) is 0 Å². The van der Waals surface area contributed by atoms with E-state index in [1.54, 1.807) is 12.2 Å². The maximum atomic E-state index is 12.8. The molecule has 1 fully saturated rings. The average molecular weight is 947 g/mol. The predicted octanol–water partition coefficient (Wildman–Crippen LogP) is 8.36. The standard InChI is InChI=1S/C51H79O14P/c1-3-5-7-9-11-12-13-14-15-16-17-18-19-20-21-22-26-30-34-38-44(53)62-40-43(41-63-66(60,61)65-51-49(58)47(56)46(55)48(57)50(51)59)64-45(54)39-35-31-27-24-23-25-29-33-37-42(52)36-32-28-10-8-6-4-2/h5-8,11-12,14-15,17-18,20-21,24-25,27-29,32-33,37,42-43,46-52,55-59H,3-4,9-10,13,16,19,22-23,26,30-31,34-36,38-41H2,1-2H3,(H,60,61)/b7-5-,8-6-,12-11-,15-14-,18-17-,21-20-,27-24-,29-25-,32-28-,37-33+/t42?,43-,46?,47-,48+,49-,50-,51?/m1/s1. The van der Waals surface area contributed by atoms with Crippen molar-refractivity contribution < 1.29 is 68.2 Å². The molecule has 0 aromatic carbocycles. The van der Waals surface area contributed by atoms with Crippen LogP contribution in [0.1, 0.15) is 123 Å². The maximum Gasteiger partial charge on any atom is 0.472 e. The molecule has 0 aromatic heterocycles. The number of phosphoric ester groups is 1. The summed E-state index contributed by atoms with van der Waals surface area (Å²) in [7, 11) is -5.17. The van der Waals surface area contributed by atoms with Gasteiger partial charge in [-0.2, -0.15) is 0 Å². The van der Waals surface area contributed by atoms with Crippen molar-refractivity contribution in [3.63, 3.8) is 0 Å². The van der Waals surface area contributed by atoms with Gasteiger partial charge in [-0.15, -0.1) is 0 Å². The average Bonchev–Trinajstić information content (AvgIpc) is 3.29. The molecule has 0 aliphatic heterocycles. The Kier molecular flexibility index (Phi) is 35.8. The molecule has 0 aromatic rings. The molecule has 4 unspecified atom stereocenters. The first-order valence-corrected chi connectivity index (χ1v) is 24.9. The minimum absolute atomic E-state index is 0.0294. The number of carbonyl (C=O) groups excluding carboxylic acids is 2. The number of aliphatic hydroxyl groups excluding tert-OH is 6. The molecule has 0 amide bonds. The lowest BCUT2D eigenvalue weighted by atomic mass is 9.85. The second-order valence-electron chi connectivity index (χ2n) is 15.7. The van der Waals surface area contributed by atoms with E-state index in [1.807, 2.05) is 36.5 Å². The normalized spacial score (nSPS) is 22.9. The van der Waals surface area contributed by atoms with Crippen LogP contribution in [0, 0.1) is 0 Å². The molecule has 1 aliphatic rings. The highest BCUT2D eigenvalue weighted by atomic mass is 31.2. The summed E-state index contributed by atoms with van der Waals surface area (Å²) in [5, 5.41) is 60.2. The monoisotopic (exact) mass is 947 g/mol. The van der Waals surface area contributed by atoms with Gasteiger partial charge in [-0.3, -0.25) is 18.6 Å². The van der Waals surface area contributed by atoms with Crippen molar-refractivity contribution >= 4 is 19.8 Å². The summed E-state index contributed by atoms with van der Waals surface area (Å²) >= 11 is 0. The van der Waals surface area contributed by atoms with Gasteiger partial charge in [0.05, 0.1) is 12.7 Å². The van der Waals surface area contributed by atoms with E-state index in [4.69, 9.17) is 18.5 Å². The Morgan fingerprint density at radius 3 is 1.58 bits per heavy atom. The highest BCUT2D eigenvalue weighted by molar-refractivity contribution is 7.47. The van der Waals surface area contributed by atoms with Crippen LogP contribution in [-0.2, 0) is 32.7 Å². The summed E-state index contributed by atoms with van der Waals surface area (Å²) < 4.78 is 33.4. The van der Waals surface area contributed by atoms with Gasteiger partial charge < -0.3 is 45.0 Å². The van der Waals surface area contributed by atoms with E-state index in [0.717, 1.165) is 64.2 Å². The van der Waals surface area contributed by atoms with Crippen LogP contribution in [0.5, 0.6) is 0 Å². The Labute approximate surface area is 393 Å². The SMILES string of the molecule is CC/C=C\C/C=C\C/C=C\C/C=C\C/C=C\CCCCCC(=O)OC[C@H](COP(=O)(O)OC1[C@H](O)[C@H](O)C(O)[C@H](O)[C@H]1O)OC(=O)CCC/C=C\C/C=C\C=C\C(O)C/C=C\C/C=C\CC. The summed E-state index contributed by atoms with van der Waals surface area (Å²) in [4.78, 5) is 35.7. The molecule has 0 radical (unpaired) electrons. The van der Waals surface area contributed by atoms with Crippen molar-refractivity contribution in [1.82, 2.24) is 0 Å². The molecule has 15 heteroatoms. The predicted molar refractivity (Wildman–Crippen MR) is 259 cm³/mol. The van der Waals surface area contributed by atoms with Crippen LogP contribution in [0.15, 0.2) is 122 Å². The molecule has 1 rings (SSSR count). The number of hydrogen-bond acceptors (Lipinski definition) is 13. The lowest BCUT2D eigenvalue weighted by Gasteiger charge is -2.41. The lowest BCUT2D eigenvalue weighted by Crippen LogP contribution is -2.64. The minimum atomic E-state index is -5.17. The van der Waals surface area contributed by atoms with Crippen LogP contribution >= 0.6 is 7.82 Å². The Morgan fingerprint density at radius 1 is 0.545 bits per heavy atom. The first-order valence-electron chi connectivity index (χ1n) is 23.4. The summed E-state index contributed by atoms with van der Waals surface area (Å²) in [6, 6.07) is 0. The van der Waals surface area contributed by atoms with Gasteiger partial charge in [0.25, 0.3) is 0 Å². The fraction of sp³-hybridized carbons (Fsp3) is 0.569. The van der Waals surface area contributed by atoms with Crippen LogP contribution in [0.3, 0.4) is 0 Å². The van der Waals surface area contributed by atoms with Crippen LogP contribution in [-0.4, -0.2) is 110 Å². The molecule has 0 saturated heterocycles. The lowest BCUT2D eigenvalue weighted by molar-refractivity contribution is -0.220. The molecular formula is C51H79O14P. The number of phosphoric acid groups is 1. The molecule has 372 valence electrons. The second-order valence-corrected chi connectivity index (χ2v) is 17.1. The zero-order valence-corrected chi connectivity index (χ0v) is 39.9. The van der Waals surface area contributed by atoms with Crippen molar-refractivity contribution in [2.45, 2.75) is 172 Å². The Morgan fingerprint density at radius 2 is 1.02 bits per heavy atom. The molecule has 66 heavy (non-hydrogen) atoms. The topological polar surface area (TPSA) is 230 Å². The van der Waals surface area contributed by atoms with Gasteiger partial charge in [0.1, 0.15) is 43.2 Å². The molecule has 1 saturated carbocycles. The van der Waals surface area contributed by atoms with E-state index >= 15 is 0 Å². The second kappa shape index (κ2) is 39.2. The van der Waals surface area contributed by atoms with Crippen LogP contribution in [0.25, 0.3) is 0 Å². The summed E-state index contributed by atoms with van der Waals surface area (Å²) in [5.74, 6) is -1.26. The first-order chi connectivity index (χ1) is 31.8. The van der Waals surface area contributed by atoms with E-state index in [1.165, 1.54) is 0 Å². The first kappa shape index (κ1) is 60.2. The third-order valence-corrected chi connectivity index (χ3v) is 10.9. The molecule has 9 atom stereocenters. The van der Waals surface area contributed by atoms with E-state index in [2.05, 4.69) is 86.8 Å². The largest absolute Gasteiger partial charge is 0.472 e.